The van der Waals surface area contributed by atoms with Gasteiger partial charge in [-0.2, -0.15) is 0 Å². The molecule has 2 aromatic rings. The van der Waals surface area contributed by atoms with Crippen LogP contribution in [-0.2, 0) is 25.5 Å². The van der Waals surface area contributed by atoms with Gasteiger partial charge in [0.25, 0.3) is 0 Å². The number of carbonyl (C=O) groups excluding carboxylic acids is 2. The third-order valence-corrected chi connectivity index (χ3v) is 4.43. The highest BCUT2D eigenvalue weighted by atomic mass is 79.9. The first-order valence-corrected chi connectivity index (χ1v) is 8.29. The first kappa shape index (κ1) is 18.2. The quantitative estimate of drug-likeness (QED) is 0.720. The largest absolute Gasteiger partial charge is 0.469 e. The van der Waals surface area contributed by atoms with E-state index in [2.05, 4.69) is 15.9 Å². The molecule has 0 amide bonds. The lowest BCUT2D eigenvalue weighted by Gasteiger charge is -2.15. The third kappa shape index (κ3) is 4.23. The van der Waals surface area contributed by atoms with Crippen molar-refractivity contribution in [3.8, 4) is 11.1 Å². The lowest BCUT2D eigenvalue weighted by atomic mass is 9.91. The predicted octanol–water partition coefficient (Wildman–Crippen LogP) is 4.11. The normalized spacial score (nSPS) is 11.7. The Balaban J connectivity index is 2.48. The molecule has 0 aliphatic rings. The first-order chi connectivity index (χ1) is 11.5. The van der Waals surface area contributed by atoms with E-state index >= 15 is 0 Å². The van der Waals surface area contributed by atoms with Crippen LogP contribution in [0.15, 0.2) is 46.9 Å². The summed E-state index contributed by atoms with van der Waals surface area (Å²) in [4.78, 5) is 23.5. The molecule has 0 aliphatic carbocycles. The fourth-order valence-electron chi connectivity index (χ4n) is 2.48. The molecule has 126 valence electrons. The van der Waals surface area contributed by atoms with E-state index in [-0.39, 0.29) is 18.4 Å². The van der Waals surface area contributed by atoms with E-state index in [4.69, 9.17) is 9.47 Å². The molecule has 2 rings (SSSR count). The van der Waals surface area contributed by atoms with Crippen LogP contribution in [0.4, 0.5) is 0 Å². The van der Waals surface area contributed by atoms with Crippen LogP contribution in [-0.4, -0.2) is 26.2 Å². The Labute approximate surface area is 149 Å². The van der Waals surface area contributed by atoms with Crippen LogP contribution in [0.1, 0.15) is 24.0 Å². The Hall–Kier alpha value is -2.14. The van der Waals surface area contributed by atoms with Gasteiger partial charge in [0.2, 0.25) is 0 Å². The van der Waals surface area contributed by atoms with Gasteiger partial charge in [0.15, 0.2) is 0 Å². The van der Waals surface area contributed by atoms with Crippen LogP contribution in [0.5, 0.6) is 0 Å². The van der Waals surface area contributed by atoms with E-state index in [1.54, 1.807) is 6.92 Å². The van der Waals surface area contributed by atoms with Crippen molar-refractivity contribution in [3.05, 3.63) is 58.1 Å². The number of benzene rings is 2. The first-order valence-electron chi connectivity index (χ1n) is 7.49. The molecule has 0 N–H and O–H groups in total. The van der Waals surface area contributed by atoms with Gasteiger partial charge in [-0.15, -0.1) is 0 Å². The molecular formula is C19H19BrO4. The topological polar surface area (TPSA) is 52.6 Å². The van der Waals surface area contributed by atoms with Gasteiger partial charge in [0.1, 0.15) is 0 Å². The molecule has 0 radical (unpaired) electrons. The Morgan fingerprint density at radius 2 is 1.71 bits per heavy atom. The maximum atomic E-state index is 11.8. The minimum absolute atomic E-state index is 0.142. The number of esters is 2. The molecule has 1 atom stereocenters. The minimum Gasteiger partial charge on any atom is -0.469 e. The summed E-state index contributed by atoms with van der Waals surface area (Å²) in [6.45, 7) is 1.78. The summed E-state index contributed by atoms with van der Waals surface area (Å²) < 4.78 is 10.6. The van der Waals surface area contributed by atoms with Crippen LogP contribution in [0, 0.1) is 0 Å². The minimum atomic E-state index is -0.398. The number of halogens is 1. The lowest BCUT2D eigenvalue weighted by Crippen LogP contribution is -2.12. The molecule has 24 heavy (non-hydrogen) atoms. The Bertz CT molecular complexity index is 738. The van der Waals surface area contributed by atoms with Crippen molar-refractivity contribution in [3.63, 3.8) is 0 Å². The lowest BCUT2D eigenvalue weighted by molar-refractivity contribution is -0.142. The number of carbonyl (C=O) groups is 2. The fraction of sp³-hybridized carbons (Fsp3) is 0.263. The number of rotatable bonds is 5. The molecule has 4 nitrogen and oxygen atoms in total. The maximum absolute atomic E-state index is 11.8. The number of ether oxygens (including phenoxy) is 2. The van der Waals surface area contributed by atoms with Crippen molar-refractivity contribution in [2.45, 2.75) is 19.3 Å². The van der Waals surface area contributed by atoms with Crippen LogP contribution in [0.2, 0.25) is 0 Å². The molecule has 0 aliphatic heterocycles. The van der Waals surface area contributed by atoms with Crippen LogP contribution in [0.25, 0.3) is 11.1 Å². The molecule has 0 bridgehead atoms. The third-order valence-electron chi connectivity index (χ3n) is 3.90. The van der Waals surface area contributed by atoms with Crippen LogP contribution < -0.4 is 0 Å². The molecule has 0 spiro atoms. The van der Waals surface area contributed by atoms with E-state index in [9.17, 15) is 9.59 Å². The Morgan fingerprint density at radius 3 is 2.29 bits per heavy atom. The highest BCUT2D eigenvalue weighted by Crippen LogP contribution is 2.29. The van der Waals surface area contributed by atoms with Gasteiger partial charge in [-0.05, 0) is 41.3 Å². The summed E-state index contributed by atoms with van der Waals surface area (Å²) in [6, 6.07) is 13.5. The van der Waals surface area contributed by atoms with E-state index in [0.29, 0.717) is 0 Å². The van der Waals surface area contributed by atoms with Gasteiger partial charge in [-0.3, -0.25) is 9.59 Å². The number of methoxy groups -OCH3 is 2. The van der Waals surface area contributed by atoms with Gasteiger partial charge in [-0.1, -0.05) is 46.3 Å². The molecule has 1 unspecified atom stereocenters. The second-order valence-electron chi connectivity index (χ2n) is 5.42. The van der Waals surface area contributed by atoms with Gasteiger partial charge >= 0.3 is 11.9 Å². The second-order valence-corrected chi connectivity index (χ2v) is 6.34. The Kier molecular flexibility index (Phi) is 6.15. The Morgan fingerprint density at radius 1 is 1.04 bits per heavy atom. The average molecular weight is 391 g/mol. The van der Waals surface area contributed by atoms with Crippen LogP contribution in [0.3, 0.4) is 0 Å². The average Bonchev–Trinajstić information content (AvgIpc) is 2.61. The molecule has 0 heterocycles. The summed E-state index contributed by atoms with van der Waals surface area (Å²) in [7, 11) is 2.73. The van der Waals surface area contributed by atoms with Crippen molar-refractivity contribution in [2.75, 3.05) is 14.2 Å². The zero-order chi connectivity index (χ0) is 17.7. The number of hydrogen-bond acceptors (Lipinski definition) is 4. The molecule has 5 heteroatoms. The summed E-state index contributed by atoms with van der Waals surface area (Å²) in [6.07, 6.45) is 0.142. The summed E-state index contributed by atoms with van der Waals surface area (Å²) >= 11 is 3.42. The SMILES string of the molecule is COC(=O)Cc1cc(C(C)C(=O)OC)ccc1-c1ccc(Br)cc1. The number of hydrogen-bond donors (Lipinski definition) is 0. The van der Waals surface area contributed by atoms with Crippen molar-refractivity contribution in [1.82, 2.24) is 0 Å². The summed E-state index contributed by atoms with van der Waals surface area (Å²) in [5, 5.41) is 0. The summed E-state index contributed by atoms with van der Waals surface area (Å²) in [5.41, 5.74) is 3.56. The molecular weight excluding hydrogens is 372 g/mol. The highest BCUT2D eigenvalue weighted by Gasteiger charge is 2.18. The monoisotopic (exact) mass is 390 g/mol. The summed E-state index contributed by atoms with van der Waals surface area (Å²) in [5.74, 6) is -1.03. The van der Waals surface area contributed by atoms with Crippen LogP contribution >= 0.6 is 15.9 Å². The standard InChI is InChI=1S/C19H19BrO4/c1-12(19(22)24-3)14-6-9-17(13-4-7-16(20)8-5-13)15(10-14)11-18(21)23-2/h4-10,12H,11H2,1-3H3. The van der Waals surface area contributed by atoms with E-state index in [1.165, 1.54) is 14.2 Å². The smallest absolute Gasteiger partial charge is 0.312 e. The fourth-order valence-corrected chi connectivity index (χ4v) is 2.75. The zero-order valence-electron chi connectivity index (χ0n) is 13.8. The van der Waals surface area contributed by atoms with Gasteiger partial charge in [-0.25, -0.2) is 0 Å². The molecule has 0 saturated carbocycles. The van der Waals surface area contributed by atoms with E-state index in [0.717, 1.165) is 26.7 Å². The van der Waals surface area contributed by atoms with Crippen molar-refractivity contribution in [1.29, 1.82) is 0 Å². The molecule has 0 aromatic heterocycles. The van der Waals surface area contributed by atoms with Crippen molar-refractivity contribution in [2.24, 2.45) is 0 Å². The highest BCUT2D eigenvalue weighted by molar-refractivity contribution is 9.10. The predicted molar refractivity (Wildman–Crippen MR) is 95.7 cm³/mol. The molecule has 0 fully saturated rings. The van der Waals surface area contributed by atoms with Gasteiger partial charge in [0, 0.05) is 4.47 Å². The molecule has 2 aromatic carbocycles. The van der Waals surface area contributed by atoms with Gasteiger partial charge < -0.3 is 9.47 Å². The van der Waals surface area contributed by atoms with Gasteiger partial charge in [0.05, 0.1) is 26.6 Å². The zero-order valence-corrected chi connectivity index (χ0v) is 15.4. The van der Waals surface area contributed by atoms with Crippen molar-refractivity contribution < 1.29 is 19.1 Å². The van der Waals surface area contributed by atoms with E-state index < -0.39 is 5.92 Å². The van der Waals surface area contributed by atoms with Crippen molar-refractivity contribution >= 4 is 27.9 Å². The molecule has 0 saturated heterocycles. The van der Waals surface area contributed by atoms with E-state index in [1.807, 2.05) is 42.5 Å². The maximum Gasteiger partial charge on any atom is 0.312 e. The second kappa shape index (κ2) is 8.11.